The molecule has 3 rings (SSSR count). The van der Waals surface area contributed by atoms with Crippen LogP contribution in [0.25, 0.3) is 0 Å². The van der Waals surface area contributed by atoms with Crippen LogP contribution in [-0.2, 0) is 10.0 Å². The molecule has 0 saturated heterocycles. The Hall–Kier alpha value is -2.90. The highest BCUT2D eigenvalue weighted by molar-refractivity contribution is 7.92. The standard InChI is InChI=1S/C19H14ClFN2O3S/c20-14-7-9-16(10-8-14)23-27(25,26)18-6-1-3-13(11-18)19(24)22-17-5-2-4-15(21)12-17/h1-12,23H,(H,22,24). The fourth-order valence-corrected chi connectivity index (χ4v) is 3.54. The zero-order valence-corrected chi connectivity index (χ0v) is 15.4. The summed E-state index contributed by atoms with van der Waals surface area (Å²) in [5, 5.41) is 3.01. The predicted molar refractivity (Wildman–Crippen MR) is 103 cm³/mol. The van der Waals surface area contributed by atoms with E-state index in [1.807, 2.05) is 0 Å². The third-order valence-electron chi connectivity index (χ3n) is 3.59. The molecule has 0 saturated carbocycles. The number of anilines is 2. The molecular formula is C19H14ClFN2O3S. The molecule has 0 heterocycles. The van der Waals surface area contributed by atoms with Crippen molar-refractivity contribution in [3.8, 4) is 0 Å². The molecule has 0 aliphatic carbocycles. The van der Waals surface area contributed by atoms with Crippen LogP contribution >= 0.6 is 11.6 Å². The molecule has 3 aromatic carbocycles. The molecule has 0 radical (unpaired) electrons. The van der Waals surface area contributed by atoms with E-state index in [-0.39, 0.29) is 16.1 Å². The minimum absolute atomic E-state index is 0.0793. The number of hydrogen-bond acceptors (Lipinski definition) is 3. The van der Waals surface area contributed by atoms with Crippen LogP contribution in [0.5, 0.6) is 0 Å². The molecule has 0 fully saturated rings. The van der Waals surface area contributed by atoms with Gasteiger partial charge in [0.15, 0.2) is 0 Å². The first-order valence-corrected chi connectivity index (χ1v) is 9.65. The molecule has 1 amide bonds. The Morgan fingerprint density at radius 2 is 1.59 bits per heavy atom. The second-order valence-electron chi connectivity index (χ2n) is 5.60. The Labute approximate surface area is 160 Å². The van der Waals surface area contributed by atoms with Crippen LogP contribution in [0.3, 0.4) is 0 Å². The summed E-state index contributed by atoms with van der Waals surface area (Å²) in [6.07, 6.45) is 0. The van der Waals surface area contributed by atoms with Crippen molar-refractivity contribution in [2.24, 2.45) is 0 Å². The molecule has 2 N–H and O–H groups in total. The van der Waals surface area contributed by atoms with Crippen LogP contribution in [0.15, 0.2) is 77.7 Å². The van der Waals surface area contributed by atoms with E-state index in [2.05, 4.69) is 10.0 Å². The first-order valence-electron chi connectivity index (χ1n) is 7.79. The molecule has 27 heavy (non-hydrogen) atoms. The van der Waals surface area contributed by atoms with Crippen LogP contribution in [0, 0.1) is 5.82 Å². The lowest BCUT2D eigenvalue weighted by molar-refractivity contribution is 0.102. The lowest BCUT2D eigenvalue weighted by atomic mass is 10.2. The molecule has 8 heteroatoms. The summed E-state index contributed by atoms with van der Waals surface area (Å²) in [5.41, 5.74) is 0.736. The minimum Gasteiger partial charge on any atom is -0.322 e. The van der Waals surface area contributed by atoms with E-state index in [9.17, 15) is 17.6 Å². The summed E-state index contributed by atoms with van der Waals surface area (Å²) in [6, 6.07) is 17.1. The predicted octanol–water partition coefficient (Wildman–Crippen LogP) is 4.53. The molecule has 0 spiro atoms. The molecule has 0 unspecified atom stereocenters. The maximum atomic E-state index is 13.2. The third kappa shape index (κ3) is 4.84. The van der Waals surface area contributed by atoms with E-state index in [1.165, 1.54) is 60.7 Å². The SMILES string of the molecule is O=C(Nc1cccc(F)c1)c1cccc(S(=O)(=O)Nc2ccc(Cl)cc2)c1. The number of amides is 1. The lowest BCUT2D eigenvalue weighted by Crippen LogP contribution is -2.16. The number of carbonyl (C=O) groups excluding carboxylic acids is 1. The smallest absolute Gasteiger partial charge is 0.261 e. The van der Waals surface area contributed by atoms with Crippen LogP contribution in [-0.4, -0.2) is 14.3 Å². The topological polar surface area (TPSA) is 75.3 Å². The maximum Gasteiger partial charge on any atom is 0.261 e. The maximum absolute atomic E-state index is 13.2. The van der Waals surface area contributed by atoms with Crippen molar-refractivity contribution in [3.63, 3.8) is 0 Å². The van der Waals surface area contributed by atoms with Gasteiger partial charge in [0, 0.05) is 22.0 Å². The number of hydrogen-bond donors (Lipinski definition) is 2. The third-order valence-corrected chi connectivity index (χ3v) is 5.22. The van der Waals surface area contributed by atoms with Gasteiger partial charge in [0.2, 0.25) is 0 Å². The molecule has 0 aromatic heterocycles. The van der Waals surface area contributed by atoms with Gasteiger partial charge in [-0.25, -0.2) is 12.8 Å². The molecule has 138 valence electrons. The molecule has 0 aliphatic rings. The average Bonchev–Trinajstić information content (AvgIpc) is 2.63. The fraction of sp³-hybridized carbons (Fsp3) is 0. The van der Waals surface area contributed by atoms with Gasteiger partial charge in [-0.2, -0.15) is 0 Å². The molecular weight excluding hydrogens is 391 g/mol. The largest absolute Gasteiger partial charge is 0.322 e. The Morgan fingerprint density at radius 3 is 2.30 bits per heavy atom. The monoisotopic (exact) mass is 404 g/mol. The quantitative estimate of drug-likeness (QED) is 0.655. The van der Waals surface area contributed by atoms with Crippen molar-refractivity contribution in [2.45, 2.75) is 4.90 Å². The second-order valence-corrected chi connectivity index (χ2v) is 7.72. The van der Waals surface area contributed by atoms with Gasteiger partial charge in [0.25, 0.3) is 15.9 Å². The Bertz CT molecular complexity index is 1090. The lowest BCUT2D eigenvalue weighted by Gasteiger charge is -2.10. The summed E-state index contributed by atoms with van der Waals surface area (Å²) >= 11 is 5.79. The number of benzene rings is 3. The van der Waals surface area contributed by atoms with Gasteiger partial charge in [0.1, 0.15) is 5.82 Å². The number of nitrogens with one attached hydrogen (secondary N) is 2. The van der Waals surface area contributed by atoms with Crippen LogP contribution in [0.1, 0.15) is 10.4 Å². The van der Waals surface area contributed by atoms with Crippen molar-refractivity contribution in [1.82, 2.24) is 0 Å². The number of rotatable bonds is 5. The van der Waals surface area contributed by atoms with Gasteiger partial charge in [-0.3, -0.25) is 9.52 Å². The van der Waals surface area contributed by atoms with E-state index in [4.69, 9.17) is 11.6 Å². The Morgan fingerprint density at radius 1 is 0.889 bits per heavy atom. The molecule has 0 aliphatic heterocycles. The molecule has 3 aromatic rings. The Kier molecular flexibility index (Phi) is 5.43. The molecule has 0 atom stereocenters. The van der Waals surface area contributed by atoms with Crippen LogP contribution in [0.4, 0.5) is 15.8 Å². The van der Waals surface area contributed by atoms with Crippen molar-refractivity contribution in [2.75, 3.05) is 10.0 Å². The normalized spacial score (nSPS) is 11.0. The van der Waals surface area contributed by atoms with E-state index >= 15 is 0 Å². The van der Waals surface area contributed by atoms with Gasteiger partial charge in [0.05, 0.1) is 4.90 Å². The number of sulfonamides is 1. The molecule has 5 nitrogen and oxygen atoms in total. The average molecular weight is 405 g/mol. The summed E-state index contributed by atoms with van der Waals surface area (Å²) < 4.78 is 40.7. The first-order chi connectivity index (χ1) is 12.8. The van der Waals surface area contributed by atoms with Crippen LogP contribution in [0.2, 0.25) is 5.02 Å². The van der Waals surface area contributed by atoms with Crippen molar-refractivity contribution >= 4 is 38.9 Å². The second kappa shape index (κ2) is 7.77. The van der Waals surface area contributed by atoms with Crippen molar-refractivity contribution in [3.05, 3.63) is 89.2 Å². The fourth-order valence-electron chi connectivity index (χ4n) is 2.31. The zero-order chi connectivity index (χ0) is 19.4. The Balaban J connectivity index is 1.81. The van der Waals surface area contributed by atoms with E-state index in [0.29, 0.717) is 10.7 Å². The minimum atomic E-state index is -3.89. The van der Waals surface area contributed by atoms with Gasteiger partial charge >= 0.3 is 0 Å². The van der Waals surface area contributed by atoms with Gasteiger partial charge < -0.3 is 5.32 Å². The summed E-state index contributed by atoms with van der Waals surface area (Å²) in [6.45, 7) is 0. The highest BCUT2D eigenvalue weighted by atomic mass is 35.5. The zero-order valence-electron chi connectivity index (χ0n) is 13.8. The van der Waals surface area contributed by atoms with Crippen LogP contribution < -0.4 is 10.0 Å². The van der Waals surface area contributed by atoms with Gasteiger partial charge in [-0.1, -0.05) is 23.7 Å². The van der Waals surface area contributed by atoms with E-state index < -0.39 is 21.7 Å². The number of halogens is 2. The first kappa shape index (κ1) is 18.9. The van der Waals surface area contributed by atoms with E-state index in [0.717, 1.165) is 0 Å². The number of carbonyl (C=O) groups is 1. The summed E-state index contributed by atoms with van der Waals surface area (Å²) in [5.74, 6) is -1.04. The van der Waals surface area contributed by atoms with Gasteiger partial charge in [-0.15, -0.1) is 0 Å². The molecule has 0 bridgehead atoms. The van der Waals surface area contributed by atoms with E-state index in [1.54, 1.807) is 12.1 Å². The summed E-state index contributed by atoms with van der Waals surface area (Å²) in [4.78, 5) is 12.3. The van der Waals surface area contributed by atoms with Crippen molar-refractivity contribution < 1.29 is 17.6 Å². The summed E-state index contributed by atoms with van der Waals surface area (Å²) in [7, 11) is -3.89. The van der Waals surface area contributed by atoms with Crippen molar-refractivity contribution in [1.29, 1.82) is 0 Å². The highest BCUT2D eigenvalue weighted by Crippen LogP contribution is 2.20. The highest BCUT2D eigenvalue weighted by Gasteiger charge is 2.17. The van der Waals surface area contributed by atoms with Gasteiger partial charge in [-0.05, 0) is 60.7 Å².